The second kappa shape index (κ2) is 3.43. The number of aldehydes is 1. The van der Waals surface area contributed by atoms with E-state index in [-0.39, 0.29) is 6.61 Å². The molecular weight excluding hydrogens is 152 g/mol. The molecule has 0 aliphatic carbocycles. The molecule has 1 aromatic heterocycles. The second-order valence-electron chi connectivity index (χ2n) is 1.70. The summed E-state index contributed by atoms with van der Waals surface area (Å²) in [6, 6.07) is 3.25. The molecule has 3 nitrogen and oxygen atoms in total. The van der Waals surface area contributed by atoms with Gasteiger partial charge < -0.3 is 8.60 Å². The Balaban J connectivity index is 2.68. The van der Waals surface area contributed by atoms with Crippen molar-refractivity contribution in [1.82, 2.24) is 0 Å². The highest BCUT2D eigenvalue weighted by Gasteiger charge is 1.98. The largest absolute Gasteiger partial charge is 0.456 e. The van der Waals surface area contributed by atoms with Gasteiger partial charge in [-0.15, -0.1) is 0 Å². The normalized spacial score (nSPS) is 9.70. The van der Waals surface area contributed by atoms with Crippen LogP contribution in [0.5, 0.6) is 0 Å². The van der Waals surface area contributed by atoms with Gasteiger partial charge in [0, 0.05) is 0 Å². The molecule has 0 amide bonds. The Bertz CT molecular complexity index is 219. The molecule has 0 aliphatic rings. The van der Waals surface area contributed by atoms with E-state index >= 15 is 0 Å². The molecule has 0 fully saturated rings. The summed E-state index contributed by atoms with van der Waals surface area (Å²) in [6.07, 6.45) is 0.641. The summed E-state index contributed by atoms with van der Waals surface area (Å²) >= 11 is 3.52. The Kier molecular flexibility index (Phi) is 2.53. The zero-order valence-electron chi connectivity index (χ0n) is 5.11. The first-order valence-electron chi connectivity index (χ1n) is 2.67. The number of carbonyl (C=O) groups is 1. The van der Waals surface area contributed by atoms with E-state index in [1.807, 2.05) is 0 Å². The van der Waals surface area contributed by atoms with E-state index in [9.17, 15) is 4.79 Å². The van der Waals surface area contributed by atoms with Crippen molar-refractivity contribution in [3.8, 4) is 0 Å². The maximum atomic E-state index is 10.1. The number of hydrogen-bond acceptors (Lipinski definition) is 4. The highest BCUT2D eigenvalue weighted by Crippen LogP contribution is 2.06. The lowest BCUT2D eigenvalue weighted by Gasteiger charge is -1.88. The van der Waals surface area contributed by atoms with Gasteiger partial charge in [-0.3, -0.25) is 4.79 Å². The Morgan fingerprint density at radius 3 is 3.00 bits per heavy atom. The third kappa shape index (κ3) is 1.62. The minimum Gasteiger partial charge on any atom is -0.456 e. The van der Waals surface area contributed by atoms with E-state index in [1.165, 1.54) is 0 Å². The molecule has 1 aromatic rings. The SMILES string of the molecule is O=Cc1ccc(COS)o1. The van der Waals surface area contributed by atoms with Gasteiger partial charge in [-0.1, -0.05) is 0 Å². The molecule has 0 saturated carbocycles. The molecule has 0 aromatic carbocycles. The Morgan fingerprint density at radius 2 is 2.50 bits per heavy atom. The zero-order valence-corrected chi connectivity index (χ0v) is 6.01. The van der Waals surface area contributed by atoms with Gasteiger partial charge in [0.2, 0.25) is 0 Å². The van der Waals surface area contributed by atoms with Crippen LogP contribution in [0.15, 0.2) is 16.5 Å². The average Bonchev–Trinajstić information content (AvgIpc) is 2.37. The van der Waals surface area contributed by atoms with Crippen molar-refractivity contribution in [2.75, 3.05) is 0 Å². The van der Waals surface area contributed by atoms with Crippen LogP contribution in [-0.4, -0.2) is 6.29 Å². The van der Waals surface area contributed by atoms with Gasteiger partial charge in [-0.05, 0) is 25.0 Å². The first-order chi connectivity index (χ1) is 4.86. The molecule has 1 heterocycles. The van der Waals surface area contributed by atoms with Gasteiger partial charge >= 0.3 is 0 Å². The minimum absolute atomic E-state index is 0.275. The summed E-state index contributed by atoms with van der Waals surface area (Å²) in [7, 11) is 0. The van der Waals surface area contributed by atoms with E-state index in [4.69, 9.17) is 4.42 Å². The van der Waals surface area contributed by atoms with Gasteiger partial charge in [0.05, 0.1) is 0 Å². The zero-order chi connectivity index (χ0) is 7.40. The van der Waals surface area contributed by atoms with Crippen LogP contribution >= 0.6 is 12.9 Å². The van der Waals surface area contributed by atoms with Crippen LogP contribution < -0.4 is 0 Å². The minimum atomic E-state index is 0.275. The van der Waals surface area contributed by atoms with Crippen molar-refractivity contribution in [3.05, 3.63) is 23.7 Å². The fourth-order valence-corrected chi connectivity index (χ4v) is 0.726. The third-order valence-electron chi connectivity index (χ3n) is 1.01. The quantitative estimate of drug-likeness (QED) is 0.411. The van der Waals surface area contributed by atoms with E-state index in [0.29, 0.717) is 17.8 Å². The standard InChI is InChI=1S/C6H6O3S/c7-3-5-1-2-6(9-5)4-8-10/h1-3,10H,4H2. The maximum absolute atomic E-state index is 10.1. The van der Waals surface area contributed by atoms with Gasteiger partial charge in [0.1, 0.15) is 12.4 Å². The van der Waals surface area contributed by atoms with Crippen molar-refractivity contribution < 1.29 is 13.4 Å². The van der Waals surface area contributed by atoms with E-state index in [1.54, 1.807) is 12.1 Å². The molecule has 0 atom stereocenters. The van der Waals surface area contributed by atoms with Crippen LogP contribution in [0, 0.1) is 0 Å². The molecule has 10 heavy (non-hydrogen) atoms. The molecular formula is C6H6O3S. The van der Waals surface area contributed by atoms with Gasteiger partial charge in [-0.2, -0.15) is 0 Å². The summed E-state index contributed by atoms with van der Waals surface area (Å²) in [5.74, 6) is 0.900. The fourth-order valence-electron chi connectivity index (χ4n) is 0.599. The van der Waals surface area contributed by atoms with Gasteiger partial charge in [0.15, 0.2) is 12.0 Å². The monoisotopic (exact) mass is 158 g/mol. The molecule has 0 N–H and O–H groups in total. The van der Waals surface area contributed by atoms with Crippen molar-refractivity contribution in [2.45, 2.75) is 6.61 Å². The molecule has 4 heteroatoms. The summed E-state index contributed by atoms with van der Waals surface area (Å²) in [6.45, 7) is 0.275. The highest BCUT2D eigenvalue weighted by molar-refractivity contribution is 7.75. The van der Waals surface area contributed by atoms with Crippen molar-refractivity contribution in [3.63, 3.8) is 0 Å². The molecule has 0 aliphatic heterocycles. The molecule has 0 unspecified atom stereocenters. The van der Waals surface area contributed by atoms with E-state index in [0.717, 1.165) is 0 Å². The topological polar surface area (TPSA) is 39.4 Å². The second-order valence-corrected chi connectivity index (χ2v) is 1.95. The predicted octanol–water partition coefficient (Wildman–Crippen LogP) is 1.45. The van der Waals surface area contributed by atoms with Crippen molar-refractivity contribution in [1.29, 1.82) is 0 Å². The van der Waals surface area contributed by atoms with Gasteiger partial charge in [0.25, 0.3) is 0 Å². The average molecular weight is 158 g/mol. The first kappa shape index (κ1) is 7.37. The van der Waals surface area contributed by atoms with Crippen LogP contribution in [0.4, 0.5) is 0 Å². The molecule has 54 valence electrons. The number of thiol groups is 1. The van der Waals surface area contributed by atoms with Crippen LogP contribution in [0.3, 0.4) is 0 Å². The first-order valence-corrected chi connectivity index (χ1v) is 3.03. The van der Waals surface area contributed by atoms with Gasteiger partial charge in [-0.25, -0.2) is 0 Å². The number of rotatable bonds is 3. The summed E-state index contributed by atoms with van der Waals surface area (Å²) < 4.78 is 9.40. The molecule has 0 bridgehead atoms. The maximum Gasteiger partial charge on any atom is 0.185 e. The van der Waals surface area contributed by atoms with Crippen molar-refractivity contribution in [2.24, 2.45) is 0 Å². The van der Waals surface area contributed by atoms with Crippen LogP contribution in [0.25, 0.3) is 0 Å². The smallest absolute Gasteiger partial charge is 0.185 e. The molecule has 0 radical (unpaired) electrons. The third-order valence-corrected chi connectivity index (χ3v) is 1.13. The molecule has 1 rings (SSSR count). The number of hydrogen-bond donors (Lipinski definition) is 1. The Labute approximate surface area is 63.6 Å². The van der Waals surface area contributed by atoms with Crippen LogP contribution in [-0.2, 0) is 10.8 Å². The number of furan rings is 1. The van der Waals surface area contributed by atoms with E-state index in [2.05, 4.69) is 17.1 Å². The summed E-state index contributed by atoms with van der Waals surface area (Å²) in [5, 5.41) is 0. The fraction of sp³-hybridized carbons (Fsp3) is 0.167. The van der Waals surface area contributed by atoms with Crippen molar-refractivity contribution >= 4 is 19.2 Å². The molecule has 0 saturated heterocycles. The highest BCUT2D eigenvalue weighted by atomic mass is 32.1. The summed E-state index contributed by atoms with van der Waals surface area (Å²) in [5.41, 5.74) is 0. The Morgan fingerprint density at radius 1 is 1.70 bits per heavy atom. The lowest BCUT2D eigenvalue weighted by molar-refractivity contribution is 0.109. The molecule has 0 spiro atoms. The van der Waals surface area contributed by atoms with Crippen LogP contribution in [0.1, 0.15) is 16.3 Å². The predicted molar refractivity (Wildman–Crippen MR) is 37.9 cm³/mol. The lowest BCUT2D eigenvalue weighted by Crippen LogP contribution is -1.77. The number of carbonyl (C=O) groups excluding carboxylic acids is 1. The summed E-state index contributed by atoms with van der Waals surface area (Å²) in [4.78, 5) is 10.1. The lowest BCUT2D eigenvalue weighted by atomic mass is 10.4. The van der Waals surface area contributed by atoms with E-state index < -0.39 is 0 Å². The Hall–Kier alpha value is -0.740. The van der Waals surface area contributed by atoms with Crippen LogP contribution in [0.2, 0.25) is 0 Å².